The van der Waals surface area contributed by atoms with E-state index in [1.54, 1.807) is 28.4 Å². The van der Waals surface area contributed by atoms with Crippen molar-refractivity contribution in [3.05, 3.63) is 50.7 Å². The summed E-state index contributed by atoms with van der Waals surface area (Å²) in [4.78, 5) is 26.9. The number of amides is 1. The average molecular weight is 366 g/mol. The number of carbonyl (C=O) groups excluding carboxylic acids is 2. The van der Waals surface area contributed by atoms with Crippen LogP contribution in [0.3, 0.4) is 0 Å². The Kier molecular flexibility index (Phi) is 5.06. The summed E-state index contributed by atoms with van der Waals surface area (Å²) in [6.45, 7) is 1.23. The first kappa shape index (κ1) is 16.8. The van der Waals surface area contributed by atoms with Crippen LogP contribution in [0.5, 0.6) is 5.75 Å². The minimum Gasteiger partial charge on any atom is -0.482 e. The Morgan fingerprint density at radius 1 is 1.33 bits per heavy atom. The first-order valence-corrected chi connectivity index (χ1v) is 8.68. The van der Waals surface area contributed by atoms with E-state index in [2.05, 4.69) is 16.2 Å². The second kappa shape index (κ2) is 7.23. The summed E-state index contributed by atoms with van der Waals surface area (Å²) in [5.41, 5.74) is 1.54. The minimum absolute atomic E-state index is 0.0834. The largest absolute Gasteiger partial charge is 0.482 e. The molecule has 1 amide bonds. The van der Waals surface area contributed by atoms with Crippen LogP contribution >= 0.6 is 22.9 Å². The van der Waals surface area contributed by atoms with E-state index in [0.717, 1.165) is 6.42 Å². The second-order valence-electron chi connectivity index (χ2n) is 5.36. The molecule has 126 valence electrons. The number of thiophene rings is 1. The van der Waals surface area contributed by atoms with E-state index in [4.69, 9.17) is 16.3 Å². The highest BCUT2D eigenvalue weighted by atomic mass is 35.5. The van der Waals surface area contributed by atoms with E-state index in [0.29, 0.717) is 24.4 Å². The van der Waals surface area contributed by atoms with Crippen LogP contribution in [0.4, 0.5) is 0 Å². The monoisotopic (exact) mass is 365 g/mol. The molecule has 3 rings (SSSR count). The van der Waals surface area contributed by atoms with E-state index < -0.39 is 5.97 Å². The zero-order valence-corrected chi connectivity index (χ0v) is 14.7. The lowest BCUT2D eigenvalue weighted by Gasteiger charge is -2.27. The van der Waals surface area contributed by atoms with Crippen LogP contribution in [0.2, 0.25) is 5.02 Å². The van der Waals surface area contributed by atoms with Crippen molar-refractivity contribution in [2.75, 3.05) is 20.3 Å². The average Bonchev–Trinajstić information content (AvgIpc) is 3.07. The number of esters is 1. The molecule has 1 aliphatic heterocycles. The summed E-state index contributed by atoms with van der Waals surface area (Å²) in [6, 6.07) is 6.64. The molecule has 7 heteroatoms. The Morgan fingerprint density at radius 2 is 2.17 bits per heavy atom. The lowest BCUT2D eigenvalue weighted by molar-refractivity contribution is -0.134. The fourth-order valence-corrected chi connectivity index (χ4v) is 3.68. The molecule has 1 aliphatic rings. The molecule has 0 atom stereocenters. The van der Waals surface area contributed by atoms with Gasteiger partial charge in [-0.25, -0.2) is 4.79 Å². The number of hydrogen-bond acceptors (Lipinski definition) is 5. The summed E-state index contributed by atoms with van der Waals surface area (Å²) >= 11 is 7.83. The maximum absolute atomic E-state index is 12.3. The van der Waals surface area contributed by atoms with Crippen molar-refractivity contribution in [2.24, 2.45) is 0 Å². The normalized spacial score (nSPS) is 13.3. The summed E-state index contributed by atoms with van der Waals surface area (Å²) in [5, 5.41) is 2.32. The van der Waals surface area contributed by atoms with E-state index in [-0.39, 0.29) is 17.5 Å². The topological polar surface area (TPSA) is 55.8 Å². The Balaban J connectivity index is 1.60. The molecule has 0 unspecified atom stereocenters. The molecule has 0 saturated carbocycles. The van der Waals surface area contributed by atoms with Crippen molar-refractivity contribution < 1.29 is 19.1 Å². The Labute approximate surface area is 148 Å². The molecule has 5 nitrogen and oxygen atoms in total. The summed E-state index contributed by atoms with van der Waals surface area (Å²) in [7, 11) is 1.30. The third-order valence-electron chi connectivity index (χ3n) is 3.86. The van der Waals surface area contributed by atoms with Crippen LogP contribution in [-0.4, -0.2) is 37.0 Å². The number of rotatable bonds is 4. The number of hydrogen-bond donors (Lipinski definition) is 0. The molecule has 0 fully saturated rings. The van der Waals surface area contributed by atoms with Crippen molar-refractivity contribution >= 4 is 34.8 Å². The standard InChI is InChI=1S/C17H16ClNO4S/c1-22-17(21)11-2-3-14(13(18)8-11)23-10-16(20)19-6-4-15-12(9-19)5-7-24-15/h2-3,5,7-8H,4,6,9-10H2,1H3. The fourth-order valence-electron chi connectivity index (χ4n) is 2.55. The quantitative estimate of drug-likeness (QED) is 0.781. The van der Waals surface area contributed by atoms with Gasteiger partial charge in [0.05, 0.1) is 17.7 Å². The van der Waals surface area contributed by atoms with Gasteiger partial charge >= 0.3 is 5.97 Å². The van der Waals surface area contributed by atoms with Crippen molar-refractivity contribution in [1.29, 1.82) is 0 Å². The van der Waals surface area contributed by atoms with Crippen molar-refractivity contribution in [1.82, 2.24) is 4.90 Å². The molecule has 0 saturated heterocycles. The van der Waals surface area contributed by atoms with Gasteiger partial charge in [-0.05, 0) is 41.6 Å². The zero-order chi connectivity index (χ0) is 17.1. The van der Waals surface area contributed by atoms with Crippen LogP contribution in [-0.2, 0) is 22.5 Å². The molecule has 24 heavy (non-hydrogen) atoms. The molecular formula is C17H16ClNO4S. The Morgan fingerprint density at radius 3 is 2.92 bits per heavy atom. The van der Waals surface area contributed by atoms with Gasteiger partial charge in [0.25, 0.3) is 5.91 Å². The van der Waals surface area contributed by atoms with Gasteiger partial charge in [-0.3, -0.25) is 4.79 Å². The van der Waals surface area contributed by atoms with Crippen LogP contribution in [0.1, 0.15) is 20.8 Å². The summed E-state index contributed by atoms with van der Waals surface area (Å²) in [5.74, 6) is -0.190. The SMILES string of the molecule is COC(=O)c1ccc(OCC(=O)N2CCc3sccc3C2)c(Cl)c1. The van der Waals surface area contributed by atoms with Gasteiger partial charge in [0.2, 0.25) is 0 Å². The van der Waals surface area contributed by atoms with Gasteiger partial charge in [0.15, 0.2) is 6.61 Å². The van der Waals surface area contributed by atoms with E-state index in [1.165, 1.54) is 23.6 Å². The first-order valence-electron chi connectivity index (χ1n) is 7.42. The number of ether oxygens (including phenoxy) is 2. The first-order chi connectivity index (χ1) is 11.6. The number of carbonyl (C=O) groups is 2. The molecular weight excluding hydrogens is 350 g/mol. The zero-order valence-electron chi connectivity index (χ0n) is 13.1. The van der Waals surface area contributed by atoms with Crippen molar-refractivity contribution in [3.8, 4) is 5.75 Å². The predicted molar refractivity (Wildman–Crippen MR) is 91.7 cm³/mol. The third kappa shape index (κ3) is 3.55. The van der Waals surface area contributed by atoms with Crippen LogP contribution in [0.25, 0.3) is 0 Å². The maximum atomic E-state index is 12.3. The molecule has 1 aromatic heterocycles. The third-order valence-corrected chi connectivity index (χ3v) is 5.18. The number of fused-ring (bicyclic) bond motifs is 1. The maximum Gasteiger partial charge on any atom is 0.337 e. The second-order valence-corrected chi connectivity index (χ2v) is 6.77. The minimum atomic E-state index is -0.473. The highest BCUT2D eigenvalue weighted by Crippen LogP contribution is 2.27. The van der Waals surface area contributed by atoms with Gasteiger partial charge < -0.3 is 14.4 Å². The van der Waals surface area contributed by atoms with Crippen LogP contribution < -0.4 is 4.74 Å². The Bertz CT molecular complexity index is 774. The molecule has 0 N–H and O–H groups in total. The number of benzene rings is 1. The van der Waals surface area contributed by atoms with Crippen LogP contribution in [0.15, 0.2) is 29.6 Å². The van der Waals surface area contributed by atoms with Gasteiger partial charge in [-0.15, -0.1) is 11.3 Å². The van der Waals surface area contributed by atoms with Gasteiger partial charge in [-0.1, -0.05) is 11.6 Å². The summed E-state index contributed by atoms with van der Waals surface area (Å²) in [6.07, 6.45) is 0.882. The molecule has 2 heterocycles. The highest BCUT2D eigenvalue weighted by Gasteiger charge is 2.22. The molecule has 0 aliphatic carbocycles. The molecule has 1 aromatic carbocycles. The van der Waals surface area contributed by atoms with Crippen LogP contribution in [0, 0.1) is 0 Å². The molecule has 0 radical (unpaired) electrons. The predicted octanol–water partition coefficient (Wildman–Crippen LogP) is 3.15. The number of methoxy groups -OCH3 is 1. The van der Waals surface area contributed by atoms with Gasteiger partial charge in [-0.2, -0.15) is 0 Å². The number of halogens is 1. The van der Waals surface area contributed by atoms with Gasteiger partial charge in [0, 0.05) is 18.0 Å². The van der Waals surface area contributed by atoms with Crippen molar-refractivity contribution in [3.63, 3.8) is 0 Å². The molecule has 2 aromatic rings. The molecule has 0 bridgehead atoms. The molecule has 0 spiro atoms. The lowest BCUT2D eigenvalue weighted by atomic mass is 10.1. The smallest absolute Gasteiger partial charge is 0.337 e. The van der Waals surface area contributed by atoms with E-state index in [1.807, 2.05) is 0 Å². The number of nitrogens with zero attached hydrogens (tertiary/aromatic N) is 1. The lowest BCUT2D eigenvalue weighted by Crippen LogP contribution is -2.38. The van der Waals surface area contributed by atoms with E-state index >= 15 is 0 Å². The highest BCUT2D eigenvalue weighted by molar-refractivity contribution is 7.10. The Hall–Kier alpha value is -2.05. The van der Waals surface area contributed by atoms with Crippen molar-refractivity contribution in [2.45, 2.75) is 13.0 Å². The summed E-state index contributed by atoms with van der Waals surface area (Å²) < 4.78 is 10.1. The fraction of sp³-hybridized carbons (Fsp3) is 0.294. The van der Waals surface area contributed by atoms with Gasteiger partial charge in [0.1, 0.15) is 5.75 Å². The van der Waals surface area contributed by atoms with E-state index in [9.17, 15) is 9.59 Å².